The van der Waals surface area contributed by atoms with Gasteiger partial charge in [-0.2, -0.15) is 5.10 Å². The molecule has 0 bridgehead atoms. The molecule has 2 N–H and O–H groups in total. The maximum absolute atomic E-state index is 12.7. The predicted molar refractivity (Wildman–Crippen MR) is 145 cm³/mol. The Morgan fingerprint density at radius 1 is 0.875 bits per heavy atom. The molecule has 10 heteroatoms. The molecule has 3 heterocycles. The van der Waals surface area contributed by atoms with Crippen LogP contribution in [0.2, 0.25) is 0 Å². The Bertz CT molecular complexity index is 1560. The lowest BCUT2D eigenvalue weighted by molar-refractivity contribution is -0.0948. The number of aromatic amines is 1. The molecule has 1 aliphatic heterocycles. The highest BCUT2D eigenvalue weighted by Crippen LogP contribution is 2.43. The van der Waals surface area contributed by atoms with E-state index in [1.165, 1.54) is 34.2 Å². The van der Waals surface area contributed by atoms with Gasteiger partial charge in [-0.15, -0.1) is 0 Å². The summed E-state index contributed by atoms with van der Waals surface area (Å²) in [6, 6.07) is 30.1. The van der Waals surface area contributed by atoms with Gasteiger partial charge in [-0.1, -0.05) is 91.0 Å². The van der Waals surface area contributed by atoms with Crippen LogP contribution in [0.3, 0.4) is 0 Å². The molecular formula is C30H27N5O5. The Balaban J connectivity index is 1.41. The van der Waals surface area contributed by atoms with Crippen molar-refractivity contribution in [2.24, 2.45) is 0 Å². The summed E-state index contributed by atoms with van der Waals surface area (Å²) in [5.74, 6) is 0. The zero-order chi connectivity index (χ0) is 27.5. The van der Waals surface area contributed by atoms with E-state index in [1.54, 1.807) is 0 Å². The lowest BCUT2D eigenvalue weighted by atomic mass is 9.80. The largest absolute Gasteiger partial charge is 0.388 e. The van der Waals surface area contributed by atoms with Gasteiger partial charge < -0.3 is 14.6 Å². The van der Waals surface area contributed by atoms with Crippen molar-refractivity contribution >= 4 is 0 Å². The molecule has 0 aliphatic carbocycles. The molecule has 0 amide bonds. The third-order valence-electron chi connectivity index (χ3n) is 7.21. The van der Waals surface area contributed by atoms with E-state index in [0.29, 0.717) is 0 Å². The zero-order valence-corrected chi connectivity index (χ0v) is 21.4. The van der Waals surface area contributed by atoms with Crippen LogP contribution < -0.4 is 11.2 Å². The molecule has 202 valence electrons. The number of nitrogens with zero attached hydrogens (tertiary/aromatic N) is 4. The fourth-order valence-electron chi connectivity index (χ4n) is 5.36. The second kappa shape index (κ2) is 10.9. The van der Waals surface area contributed by atoms with Gasteiger partial charge >= 0.3 is 5.69 Å². The van der Waals surface area contributed by atoms with Crippen molar-refractivity contribution in [3.05, 3.63) is 153 Å². The van der Waals surface area contributed by atoms with E-state index in [0.717, 1.165) is 16.7 Å². The summed E-state index contributed by atoms with van der Waals surface area (Å²) in [5, 5.41) is 15.7. The average molecular weight is 538 g/mol. The van der Waals surface area contributed by atoms with E-state index >= 15 is 0 Å². The number of nitrogens with one attached hydrogen (secondary N) is 1. The van der Waals surface area contributed by atoms with Crippen LogP contribution in [0.1, 0.15) is 29.0 Å². The number of ether oxygens (including phenoxy) is 2. The first-order chi connectivity index (χ1) is 19.6. The number of rotatable bonds is 8. The molecule has 10 nitrogen and oxygen atoms in total. The van der Waals surface area contributed by atoms with Crippen molar-refractivity contribution < 1.29 is 14.6 Å². The van der Waals surface area contributed by atoms with Crippen LogP contribution in [-0.4, -0.2) is 48.2 Å². The van der Waals surface area contributed by atoms with Crippen LogP contribution in [-0.2, 0) is 15.1 Å². The summed E-state index contributed by atoms with van der Waals surface area (Å²) in [5.41, 5.74) is 0.491. The molecular weight excluding hydrogens is 510 g/mol. The first kappa shape index (κ1) is 25.6. The van der Waals surface area contributed by atoms with E-state index in [9.17, 15) is 14.7 Å². The fourth-order valence-corrected chi connectivity index (χ4v) is 5.36. The van der Waals surface area contributed by atoms with Crippen molar-refractivity contribution in [2.45, 2.75) is 30.1 Å². The van der Waals surface area contributed by atoms with Gasteiger partial charge in [-0.05, 0) is 16.7 Å². The maximum Gasteiger partial charge on any atom is 0.330 e. The maximum atomic E-state index is 12.7. The molecule has 0 radical (unpaired) electrons. The molecule has 1 saturated heterocycles. The first-order valence-electron chi connectivity index (χ1n) is 12.9. The van der Waals surface area contributed by atoms with Gasteiger partial charge in [0.1, 0.15) is 36.5 Å². The molecule has 2 aromatic heterocycles. The number of hydrogen-bond acceptors (Lipinski definition) is 7. The molecule has 5 aromatic rings. The molecule has 1 aliphatic rings. The first-order valence-corrected chi connectivity index (χ1v) is 12.9. The number of H-pyrrole nitrogens is 1. The Labute approximate surface area is 229 Å². The van der Waals surface area contributed by atoms with Crippen LogP contribution in [0, 0.1) is 0 Å². The van der Waals surface area contributed by atoms with Crippen LogP contribution in [0.15, 0.2) is 126 Å². The molecule has 3 aromatic carbocycles. The second-order valence-electron chi connectivity index (χ2n) is 9.53. The molecule has 0 saturated carbocycles. The highest BCUT2D eigenvalue weighted by Gasteiger charge is 2.48. The molecule has 0 spiro atoms. The number of aliphatic hydroxyl groups excluding tert-OH is 1. The fraction of sp³-hybridized carbons (Fsp3) is 0.200. The van der Waals surface area contributed by atoms with Gasteiger partial charge in [-0.25, -0.2) is 14.5 Å². The smallest absolute Gasteiger partial charge is 0.330 e. The Morgan fingerprint density at radius 2 is 1.45 bits per heavy atom. The molecule has 1 fully saturated rings. The summed E-state index contributed by atoms with van der Waals surface area (Å²) in [6.45, 7) is -0.0281. The quantitative estimate of drug-likeness (QED) is 0.292. The van der Waals surface area contributed by atoms with Crippen LogP contribution >= 0.6 is 0 Å². The minimum absolute atomic E-state index is 0.0281. The monoisotopic (exact) mass is 537 g/mol. The van der Waals surface area contributed by atoms with E-state index in [1.807, 2.05) is 91.0 Å². The molecule has 6 rings (SSSR count). The normalized spacial score (nSPS) is 20.9. The van der Waals surface area contributed by atoms with Crippen molar-refractivity contribution in [1.82, 2.24) is 24.3 Å². The van der Waals surface area contributed by atoms with Crippen molar-refractivity contribution in [1.29, 1.82) is 0 Å². The Hall–Kier alpha value is -4.64. The number of aliphatic hydroxyl groups is 1. The molecule has 40 heavy (non-hydrogen) atoms. The Kier molecular flexibility index (Phi) is 6.95. The minimum atomic E-state index is -1.12. The van der Waals surface area contributed by atoms with E-state index < -0.39 is 41.3 Å². The van der Waals surface area contributed by atoms with Crippen LogP contribution in [0.5, 0.6) is 0 Å². The molecule has 0 unspecified atom stereocenters. The number of hydrogen-bond donors (Lipinski definition) is 2. The third-order valence-corrected chi connectivity index (χ3v) is 7.21. The summed E-state index contributed by atoms with van der Waals surface area (Å²) in [7, 11) is 0. The highest BCUT2D eigenvalue weighted by molar-refractivity contribution is 5.47. The second-order valence-corrected chi connectivity index (χ2v) is 9.53. The van der Waals surface area contributed by atoms with Crippen molar-refractivity contribution in [3.8, 4) is 0 Å². The predicted octanol–water partition coefficient (Wildman–Crippen LogP) is 2.64. The lowest BCUT2D eigenvalue weighted by Gasteiger charge is -2.37. The lowest BCUT2D eigenvalue weighted by Crippen LogP contribution is -2.39. The van der Waals surface area contributed by atoms with Crippen molar-refractivity contribution in [2.75, 3.05) is 6.61 Å². The van der Waals surface area contributed by atoms with Gasteiger partial charge in [0.25, 0.3) is 5.56 Å². The van der Waals surface area contributed by atoms with E-state index in [4.69, 9.17) is 9.47 Å². The topological polar surface area (TPSA) is 124 Å². The summed E-state index contributed by atoms with van der Waals surface area (Å²) >= 11 is 0. The number of benzene rings is 3. The summed E-state index contributed by atoms with van der Waals surface area (Å²) < 4.78 is 15.8. The van der Waals surface area contributed by atoms with Gasteiger partial charge in [-0.3, -0.25) is 14.3 Å². The molecule has 4 atom stereocenters. The summed E-state index contributed by atoms with van der Waals surface area (Å²) in [4.78, 5) is 30.7. The van der Waals surface area contributed by atoms with Crippen molar-refractivity contribution in [3.63, 3.8) is 0 Å². The van der Waals surface area contributed by atoms with Gasteiger partial charge in [0.15, 0.2) is 6.23 Å². The van der Waals surface area contributed by atoms with Gasteiger partial charge in [0.05, 0.1) is 6.61 Å². The third kappa shape index (κ3) is 4.58. The van der Waals surface area contributed by atoms with Gasteiger partial charge in [0.2, 0.25) is 0 Å². The van der Waals surface area contributed by atoms with Crippen LogP contribution in [0.25, 0.3) is 0 Å². The van der Waals surface area contributed by atoms with Crippen LogP contribution in [0.4, 0.5) is 0 Å². The Morgan fingerprint density at radius 3 is 1.95 bits per heavy atom. The number of aromatic nitrogens is 5. The zero-order valence-electron chi connectivity index (χ0n) is 21.4. The SMILES string of the molecule is O=c1ccn([C@@H]2O[C@H](COC(c3ccccc3)(c3ccccc3)c3ccccc3)[C@H](O)[C@H]2n2cncn2)c(=O)[nH]1. The van der Waals surface area contributed by atoms with E-state index in [2.05, 4.69) is 15.1 Å². The standard InChI is InChI=1S/C30H27N5O5/c36-25-16-17-34(29(38)33-25)28-26(35-20-31-19-32-35)27(37)24(40-28)18-39-30(21-10-4-1-5-11-21,22-12-6-2-7-13-22)23-14-8-3-9-15-23/h1-17,19-20,24,26-28,37H,18H2,(H,33,36,38)/t24-,26-,27+,28-/m1/s1. The minimum Gasteiger partial charge on any atom is -0.388 e. The average Bonchev–Trinajstić information content (AvgIpc) is 3.63. The highest BCUT2D eigenvalue weighted by atomic mass is 16.6. The summed E-state index contributed by atoms with van der Waals surface area (Å²) in [6.07, 6.45) is 1.18. The van der Waals surface area contributed by atoms with E-state index in [-0.39, 0.29) is 6.61 Å². The van der Waals surface area contributed by atoms with Gasteiger partial charge in [0, 0.05) is 12.3 Å².